The molecule has 2 atom stereocenters. The van der Waals surface area contributed by atoms with Gasteiger partial charge in [0.15, 0.2) is 5.78 Å². The molecule has 0 aliphatic carbocycles. The zero-order valence-electron chi connectivity index (χ0n) is 13.2. The van der Waals surface area contributed by atoms with Crippen LogP contribution in [0.5, 0.6) is 0 Å². The van der Waals surface area contributed by atoms with Gasteiger partial charge in [0.2, 0.25) is 5.60 Å². The highest BCUT2D eigenvalue weighted by atomic mass is 35.6. The van der Waals surface area contributed by atoms with Crippen LogP contribution >= 0.6 is 34.8 Å². The number of esters is 1. The van der Waals surface area contributed by atoms with Crippen LogP contribution in [-0.2, 0) is 19.1 Å². The number of nitrogens with zero attached hydrogens (tertiary/aromatic N) is 1. The van der Waals surface area contributed by atoms with Crippen LogP contribution in [0.1, 0.15) is 34.6 Å². The van der Waals surface area contributed by atoms with Crippen molar-refractivity contribution < 1.29 is 24.2 Å². The number of alkyl halides is 3. The van der Waals surface area contributed by atoms with Gasteiger partial charge in [-0.25, -0.2) is 4.79 Å². The van der Waals surface area contributed by atoms with Crippen molar-refractivity contribution in [1.29, 1.82) is 0 Å². The van der Waals surface area contributed by atoms with Crippen molar-refractivity contribution in [3.8, 4) is 0 Å². The maximum Gasteiger partial charge on any atom is 0.346 e. The van der Waals surface area contributed by atoms with Crippen LogP contribution in [0.3, 0.4) is 0 Å². The second-order valence-electron chi connectivity index (χ2n) is 6.03. The number of Topliss-reactive ketones (excluding diaryl/α,β-unsaturated/α-hetero) is 1. The third-order valence-corrected chi connectivity index (χ3v) is 3.28. The first kappa shape index (κ1) is 21.4. The van der Waals surface area contributed by atoms with Gasteiger partial charge >= 0.3 is 5.97 Å². The first-order chi connectivity index (χ1) is 9.51. The lowest BCUT2D eigenvalue weighted by Gasteiger charge is -2.32. The van der Waals surface area contributed by atoms with Gasteiger partial charge in [0.1, 0.15) is 5.60 Å². The topological polar surface area (TPSA) is 83.9 Å². The van der Waals surface area contributed by atoms with Gasteiger partial charge < -0.3 is 14.7 Å². The van der Waals surface area contributed by atoms with E-state index >= 15 is 0 Å². The molecule has 0 aromatic rings. The van der Waals surface area contributed by atoms with Crippen LogP contribution in [0.4, 0.5) is 0 Å². The van der Waals surface area contributed by atoms with Crippen molar-refractivity contribution in [2.75, 3.05) is 7.05 Å². The highest BCUT2D eigenvalue weighted by Gasteiger charge is 2.47. The second-order valence-corrected chi connectivity index (χ2v) is 8.31. The smallest absolute Gasteiger partial charge is 0.346 e. The van der Waals surface area contributed by atoms with Gasteiger partial charge in [0.25, 0.3) is 9.70 Å². The molecule has 0 saturated heterocycles. The first-order valence-corrected chi connectivity index (χ1v) is 7.49. The molecule has 128 valence electrons. The average molecular weight is 377 g/mol. The predicted molar refractivity (Wildman–Crippen MR) is 84.0 cm³/mol. The molecule has 9 heteroatoms. The zero-order chi connectivity index (χ0) is 18.1. The van der Waals surface area contributed by atoms with E-state index in [1.54, 1.807) is 20.8 Å². The molecule has 0 heterocycles. The summed E-state index contributed by atoms with van der Waals surface area (Å²) in [5.74, 6) is -3.03. The van der Waals surface area contributed by atoms with E-state index in [1.165, 1.54) is 14.0 Å². The standard InChI is InChI=1S/C13H20Cl3NO5/c1-7(17(6)9(19)13(14,15)16)8(18)12(5,21)10(20)22-11(2,3)4/h7,21H,1-6H3/t7-,12-/m0/s1. The molecule has 0 saturated carbocycles. The fraction of sp³-hybridized carbons (Fsp3) is 0.769. The van der Waals surface area contributed by atoms with E-state index < -0.39 is 38.7 Å². The fourth-order valence-corrected chi connectivity index (χ4v) is 1.84. The van der Waals surface area contributed by atoms with Crippen molar-refractivity contribution in [2.24, 2.45) is 0 Å². The summed E-state index contributed by atoms with van der Waals surface area (Å²) in [6.45, 7) is 7.07. The summed E-state index contributed by atoms with van der Waals surface area (Å²) >= 11 is 16.4. The lowest BCUT2D eigenvalue weighted by molar-refractivity contribution is -0.180. The van der Waals surface area contributed by atoms with Crippen LogP contribution in [0.15, 0.2) is 0 Å². The van der Waals surface area contributed by atoms with Crippen molar-refractivity contribution in [3.05, 3.63) is 0 Å². The van der Waals surface area contributed by atoms with Gasteiger partial charge in [-0.1, -0.05) is 34.8 Å². The Morgan fingerprint density at radius 2 is 1.50 bits per heavy atom. The number of likely N-dealkylation sites (N-methyl/N-ethyl adjacent to an activating group) is 1. The molecule has 0 rings (SSSR count). The third kappa shape index (κ3) is 5.57. The van der Waals surface area contributed by atoms with Gasteiger partial charge in [0.05, 0.1) is 6.04 Å². The van der Waals surface area contributed by atoms with E-state index in [0.717, 1.165) is 11.8 Å². The summed E-state index contributed by atoms with van der Waals surface area (Å²) < 4.78 is 2.74. The number of halogens is 3. The normalized spacial score (nSPS) is 16.5. The summed E-state index contributed by atoms with van der Waals surface area (Å²) in [6, 6.07) is -1.20. The summed E-state index contributed by atoms with van der Waals surface area (Å²) in [5, 5.41) is 10.2. The van der Waals surface area contributed by atoms with Crippen LogP contribution in [-0.4, -0.2) is 55.8 Å². The maximum absolute atomic E-state index is 12.3. The summed E-state index contributed by atoms with van der Waals surface area (Å²) in [4.78, 5) is 36.9. The molecule has 0 fully saturated rings. The number of amides is 1. The van der Waals surface area contributed by atoms with Crippen molar-refractivity contribution in [1.82, 2.24) is 4.90 Å². The van der Waals surface area contributed by atoms with E-state index in [2.05, 4.69) is 0 Å². The Balaban J connectivity index is 5.23. The number of carbonyl (C=O) groups is 3. The lowest BCUT2D eigenvalue weighted by atomic mass is 9.95. The summed E-state index contributed by atoms with van der Waals surface area (Å²) in [6.07, 6.45) is 0. The van der Waals surface area contributed by atoms with Gasteiger partial charge in [-0.05, 0) is 34.6 Å². The van der Waals surface area contributed by atoms with E-state index in [-0.39, 0.29) is 0 Å². The molecule has 1 N–H and O–H groups in total. The Morgan fingerprint density at radius 3 is 1.82 bits per heavy atom. The molecule has 0 radical (unpaired) electrons. The van der Waals surface area contributed by atoms with Gasteiger partial charge in [-0.3, -0.25) is 9.59 Å². The Hall–Kier alpha value is -0.560. The summed E-state index contributed by atoms with van der Waals surface area (Å²) in [7, 11) is 1.22. The number of hydrogen-bond acceptors (Lipinski definition) is 5. The fourth-order valence-electron chi connectivity index (χ4n) is 1.44. The monoisotopic (exact) mass is 375 g/mol. The predicted octanol–water partition coefficient (Wildman–Crippen LogP) is 1.87. The number of carbonyl (C=O) groups excluding carboxylic acids is 3. The Morgan fingerprint density at radius 1 is 1.09 bits per heavy atom. The van der Waals surface area contributed by atoms with E-state index in [9.17, 15) is 19.5 Å². The number of ketones is 1. The third-order valence-electron chi connectivity index (χ3n) is 2.80. The number of aliphatic hydroxyl groups is 1. The zero-order valence-corrected chi connectivity index (χ0v) is 15.5. The highest BCUT2D eigenvalue weighted by Crippen LogP contribution is 2.29. The van der Waals surface area contributed by atoms with E-state index in [4.69, 9.17) is 39.5 Å². The molecule has 0 bridgehead atoms. The van der Waals surface area contributed by atoms with Gasteiger partial charge in [-0.15, -0.1) is 0 Å². The molecular formula is C13H20Cl3NO5. The van der Waals surface area contributed by atoms with Crippen molar-refractivity contribution >= 4 is 52.5 Å². The van der Waals surface area contributed by atoms with Crippen LogP contribution in [0, 0.1) is 0 Å². The number of rotatable bonds is 4. The van der Waals surface area contributed by atoms with E-state index in [0.29, 0.717) is 0 Å². The molecular weight excluding hydrogens is 357 g/mol. The van der Waals surface area contributed by atoms with E-state index in [1.807, 2.05) is 0 Å². The Labute approximate surface area is 144 Å². The number of hydrogen-bond donors (Lipinski definition) is 1. The molecule has 22 heavy (non-hydrogen) atoms. The summed E-state index contributed by atoms with van der Waals surface area (Å²) in [5.41, 5.74) is -3.32. The minimum atomic E-state index is -2.44. The van der Waals surface area contributed by atoms with Crippen LogP contribution in [0.2, 0.25) is 0 Å². The maximum atomic E-state index is 12.3. The SMILES string of the molecule is C[C@@H](C(=O)[C@](C)(O)C(=O)OC(C)(C)C)N(C)C(=O)C(Cl)(Cl)Cl. The molecule has 1 amide bonds. The van der Waals surface area contributed by atoms with Crippen molar-refractivity contribution in [3.63, 3.8) is 0 Å². The van der Waals surface area contributed by atoms with Crippen LogP contribution < -0.4 is 0 Å². The molecule has 0 aromatic carbocycles. The minimum Gasteiger partial charge on any atom is -0.457 e. The number of ether oxygens (including phenoxy) is 1. The molecule has 0 spiro atoms. The largest absolute Gasteiger partial charge is 0.457 e. The van der Waals surface area contributed by atoms with Gasteiger partial charge in [-0.2, -0.15) is 0 Å². The van der Waals surface area contributed by atoms with Crippen molar-refractivity contribution in [2.45, 2.75) is 55.7 Å². The van der Waals surface area contributed by atoms with Crippen LogP contribution in [0.25, 0.3) is 0 Å². The highest BCUT2D eigenvalue weighted by molar-refractivity contribution is 6.76. The molecule has 0 aliphatic heterocycles. The minimum absolute atomic E-state index is 0.841. The average Bonchev–Trinajstić information content (AvgIpc) is 2.31. The molecule has 0 aromatic heterocycles. The Kier molecular flexibility index (Phi) is 6.73. The lowest BCUT2D eigenvalue weighted by Crippen LogP contribution is -2.56. The molecule has 6 nitrogen and oxygen atoms in total. The molecule has 0 unspecified atom stereocenters. The quantitative estimate of drug-likeness (QED) is 0.460. The van der Waals surface area contributed by atoms with Gasteiger partial charge in [0, 0.05) is 7.05 Å². The Bertz CT molecular complexity index is 465. The molecule has 0 aliphatic rings. The second kappa shape index (κ2) is 6.91. The first-order valence-electron chi connectivity index (χ1n) is 6.36.